The molecule has 3 heterocycles. The number of carbonyl (C=O) groups excluding carboxylic acids is 2. The van der Waals surface area contributed by atoms with E-state index in [9.17, 15) is 9.59 Å². The highest BCUT2D eigenvalue weighted by molar-refractivity contribution is 6.05. The summed E-state index contributed by atoms with van der Waals surface area (Å²) in [6.45, 7) is 8.01. The number of amides is 1. The molecule has 0 radical (unpaired) electrons. The Labute approximate surface area is 183 Å². The molecule has 5 heteroatoms. The molecule has 1 aliphatic rings. The summed E-state index contributed by atoms with van der Waals surface area (Å²) in [5, 5.41) is 2.90. The summed E-state index contributed by atoms with van der Waals surface area (Å²) >= 11 is 0. The van der Waals surface area contributed by atoms with Gasteiger partial charge in [-0.1, -0.05) is 37.3 Å². The van der Waals surface area contributed by atoms with Crippen LogP contribution in [0.25, 0.3) is 0 Å². The Balaban J connectivity index is 1.49. The number of anilines is 1. The highest BCUT2D eigenvalue weighted by Gasteiger charge is 2.47. The molecule has 0 fully saturated rings. The molecule has 1 aromatic carbocycles. The van der Waals surface area contributed by atoms with Crippen molar-refractivity contribution < 1.29 is 9.59 Å². The van der Waals surface area contributed by atoms with Gasteiger partial charge in [-0.15, -0.1) is 0 Å². The van der Waals surface area contributed by atoms with Crippen LogP contribution in [0, 0.1) is 13.8 Å². The predicted molar refractivity (Wildman–Crippen MR) is 121 cm³/mol. The van der Waals surface area contributed by atoms with Crippen LogP contribution >= 0.6 is 0 Å². The first-order valence-corrected chi connectivity index (χ1v) is 10.6. The van der Waals surface area contributed by atoms with Crippen LogP contribution in [0.15, 0.2) is 54.7 Å². The molecular weight excluding hydrogens is 386 g/mol. The van der Waals surface area contributed by atoms with Gasteiger partial charge in [-0.3, -0.25) is 14.6 Å². The zero-order valence-electron chi connectivity index (χ0n) is 18.4. The SMILES string of the molecule is Cc1cc(C)nc(CCC(=O)c2ccc([C@@H](C)[C@@]3(C)C(=O)Nc4ncccc43)cc2)c1. The zero-order chi connectivity index (χ0) is 22.2. The lowest BCUT2D eigenvalue weighted by molar-refractivity contribution is -0.120. The maximum Gasteiger partial charge on any atom is 0.236 e. The second kappa shape index (κ2) is 8.06. The minimum Gasteiger partial charge on any atom is -0.310 e. The molecular formula is C26H27N3O2. The summed E-state index contributed by atoms with van der Waals surface area (Å²) in [7, 11) is 0. The van der Waals surface area contributed by atoms with E-state index in [1.807, 2.05) is 76.2 Å². The van der Waals surface area contributed by atoms with Crippen LogP contribution in [0.2, 0.25) is 0 Å². The summed E-state index contributed by atoms with van der Waals surface area (Å²) in [5.74, 6) is 0.615. The molecule has 0 aliphatic carbocycles. The highest BCUT2D eigenvalue weighted by atomic mass is 16.2. The van der Waals surface area contributed by atoms with E-state index in [4.69, 9.17) is 0 Å². The number of fused-ring (bicyclic) bond motifs is 1. The van der Waals surface area contributed by atoms with Crippen LogP contribution in [-0.2, 0) is 16.6 Å². The van der Waals surface area contributed by atoms with Gasteiger partial charge < -0.3 is 5.32 Å². The molecule has 158 valence electrons. The Kier molecular flexibility index (Phi) is 5.44. The summed E-state index contributed by atoms with van der Waals surface area (Å²) in [6, 6.07) is 15.5. The molecule has 1 amide bonds. The number of nitrogens with zero attached hydrogens (tertiary/aromatic N) is 2. The molecule has 2 atom stereocenters. The van der Waals surface area contributed by atoms with Crippen LogP contribution in [0.3, 0.4) is 0 Å². The molecule has 1 aliphatic heterocycles. The monoisotopic (exact) mass is 413 g/mol. The number of rotatable bonds is 6. The molecule has 2 aromatic heterocycles. The Hall–Kier alpha value is -3.34. The third kappa shape index (κ3) is 3.88. The number of hydrogen-bond acceptors (Lipinski definition) is 4. The van der Waals surface area contributed by atoms with Crippen molar-refractivity contribution >= 4 is 17.5 Å². The lowest BCUT2D eigenvalue weighted by Crippen LogP contribution is -2.36. The lowest BCUT2D eigenvalue weighted by atomic mass is 9.71. The average molecular weight is 414 g/mol. The molecule has 31 heavy (non-hydrogen) atoms. The lowest BCUT2D eigenvalue weighted by Gasteiger charge is -2.30. The van der Waals surface area contributed by atoms with E-state index in [1.54, 1.807) is 6.20 Å². The fraction of sp³-hybridized carbons (Fsp3) is 0.308. The Morgan fingerprint density at radius 3 is 2.58 bits per heavy atom. The Bertz CT molecular complexity index is 1130. The van der Waals surface area contributed by atoms with Crippen molar-refractivity contribution in [3.8, 4) is 0 Å². The van der Waals surface area contributed by atoms with Crippen molar-refractivity contribution in [3.63, 3.8) is 0 Å². The smallest absolute Gasteiger partial charge is 0.236 e. The second-order valence-electron chi connectivity index (χ2n) is 8.60. The van der Waals surface area contributed by atoms with Gasteiger partial charge in [0.2, 0.25) is 5.91 Å². The van der Waals surface area contributed by atoms with Crippen molar-refractivity contribution in [3.05, 3.63) is 88.4 Å². The summed E-state index contributed by atoms with van der Waals surface area (Å²) < 4.78 is 0. The molecule has 3 aromatic rings. The predicted octanol–water partition coefficient (Wildman–Crippen LogP) is 4.92. The maximum absolute atomic E-state index is 12.8. The Morgan fingerprint density at radius 2 is 1.87 bits per heavy atom. The van der Waals surface area contributed by atoms with Crippen LogP contribution in [0.1, 0.15) is 64.6 Å². The molecule has 5 nitrogen and oxygen atoms in total. The number of hydrogen-bond donors (Lipinski definition) is 1. The van der Waals surface area contributed by atoms with Crippen molar-refractivity contribution in [2.45, 2.75) is 51.9 Å². The van der Waals surface area contributed by atoms with Crippen LogP contribution in [0.4, 0.5) is 5.82 Å². The number of pyridine rings is 2. The number of nitrogens with one attached hydrogen (secondary N) is 1. The van der Waals surface area contributed by atoms with E-state index in [-0.39, 0.29) is 17.6 Å². The van der Waals surface area contributed by atoms with Crippen molar-refractivity contribution in [1.82, 2.24) is 9.97 Å². The maximum atomic E-state index is 12.8. The molecule has 1 N–H and O–H groups in total. The van der Waals surface area contributed by atoms with Crippen LogP contribution in [0.5, 0.6) is 0 Å². The van der Waals surface area contributed by atoms with Gasteiger partial charge in [0.05, 0.1) is 5.41 Å². The largest absolute Gasteiger partial charge is 0.310 e. The quantitative estimate of drug-likeness (QED) is 0.582. The van der Waals surface area contributed by atoms with E-state index in [2.05, 4.69) is 15.3 Å². The van der Waals surface area contributed by atoms with Crippen LogP contribution in [-0.4, -0.2) is 21.7 Å². The van der Waals surface area contributed by atoms with Gasteiger partial charge in [0.15, 0.2) is 5.78 Å². The van der Waals surface area contributed by atoms with Gasteiger partial charge in [0.1, 0.15) is 5.82 Å². The van der Waals surface area contributed by atoms with Crippen molar-refractivity contribution in [2.75, 3.05) is 5.32 Å². The minimum absolute atomic E-state index is 0.0465. The molecule has 4 rings (SSSR count). The van der Waals surface area contributed by atoms with Gasteiger partial charge in [-0.2, -0.15) is 0 Å². The number of ketones is 1. The molecule has 0 unspecified atom stereocenters. The van der Waals surface area contributed by atoms with Gasteiger partial charge in [-0.05, 0) is 62.4 Å². The van der Waals surface area contributed by atoms with E-state index in [0.717, 1.165) is 28.1 Å². The number of Topliss-reactive ketones (excluding diaryl/α,β-unsaturated/α-hetero) is 1. The van der Waals surface area contributed by atoms with Gasteiger partial charge in [0, 0.05) is 35.1 Å². The minimum atomic E-state index is -0.705. The van der Waals surface area contributed by atoms with Crippen LogP contribution < -0.4 is 5.32 Å². The van der Waals surface area contributed by atoms with E-state index in [0.29, 0.717) is 24.2 Å². The summed E-state index contributed by atoms with van der Waals surface area (Å²) in [6.07, 6.45) is 2.73. The van der Waals surface area contributed by atoms with Gasteiger partial charge >= 0.3 is 0 Å². The number of benzene rings is 1. The normalized spacial score (nSPS) is 18.4. The average Bonchev–Trinajstić information content (AvgIpc) is 3.02. The standard InChI is InChI=1S/C26H27N3O2/c1-16-14-17(2)28-21(15-16)11-12-23(30)20-9-7-19(8-10-20)18(3)26(4)22-6-5-13-27-24(22)29-25(26)31/h5-10,13-15,18H,11-12H2,1-4H3,(H,27,29,31)/t18-,26-/m1/s1. The molecule has 0 bridgehead atoms. The Morgan fingerprint density at radius 1 is 1.13 bits per heavy atom. The fourth-order valence-electron chi connectivity index (χ4n) is 4.44. The molecule has 0 saturated carbocycles. The highest BCUT2D eigenvalue weighted by Crippen LogP contribution is 2.45. The third-order valence-corrected chi connectivity index (χ3v) is 6.43. The van der Waals surface area contributed by atoms with Crippen molar-refractivity contribution in [2.24, 2.45) is 0 Å². The van der Waals surface area contributed by atoms with E-state index < -0.39 is 5.41 Å². The number of aromatic nitrogens is 2. The first kappa shape index (κ1) is 20.9. The summed E-state index contributed by atoms with van der Waals surface area (Å²) in [5.41, 5.74) is 4.99. The zero-order valence-corrected chi connectivity index (χ0v) is 18.4. The summed E-state index contributed by atoms with van der Waals surface area (Å²) in [4.78, 5) is 34.3. The van der Waals surface area contributed by atoms with E-state index >= 15 is 0 Å². The van der Waals surface area contributed by atoms with E-state index in [1.165, 1.54) is 0 Å². The van der Waals surface area contributed by atoms with Crippen molar-refractivity contribution in [1.29, 1.82) is 0 Å². The third-order valence-electron chi connectivity index (χ3n) is 6.43. The fourth-order valence-corrected chi connectivity index (χ4v) is 4.44. The first-order valence-electron chi connectivity index (χ1n) is 10.6. The molecule has 0 spiro atoms. The van der Waals surface area contributed by atoms with Gasteiger partial charge in [-0.25, -0.2) is 4.98 Å². The first-order chi connectivity index (χ1) is 14.8. The van der Waals surface area contributed by atoms with Gasteiger partial charge in [0.25, 0.3) is 0 Å². The number of aryl methyl sites for hydroxylation is 3. The number of carbonyl (C=O) groups is 2. The molecule has 0 saturated heterocycles. The second-order valence-corrected chi connectivity index (χ2v) is 8.60. The topological polar surface area (TPSA) is 72.0 Å².